The quantitative estimate of drug-likeness (QED) is 0.684. The third-order valence-electron chi connectivity index (χ3n) is 3.56. The van der Waals surface area contributed by atoms with Crippen LogP contribution in [0.5, 0.6) is 0 Å². The maximum atomic E-state index is 13.6. The smallest absolute Gasteiger partial charge is 0.258 e. The Bertz CT molecular complexity index is 958. The van der Waals surface area contributed by atoms with Gasteiger partial charge in [-0.1, -0.05) is 24.3 Å². The third-order valence-corrected chi connectivity index (χ3v) is 3.56. The lowest BCUT2D eigenvalue weighted by Gasteiger charge is -2.08. The molecule has 1 heterocycles. The summed E-state index contributed by atoms with van der Waals surface area (Å²) in [4.78, 5) is 31.7. The number of ketones is 1. The molecule has 0 fully saturated rings. The Kier molecular flexibility index (Phi) is 4.98. The number of benzene rings is 2. The first-order valence-corrected chi connectivity index (χ1v) is 7.79. The summed E-state index contributed by atoms with van der Waals surface area (Å²) in [7, 11) is 0. The average Bonchev–Trinajstić information content (AvgIpc) is 2.64. The monoisotopic (exact) mass is 350 g/mol. The lowest BCUT2D eigenvalue weighted by molar-refractivity contribution is 0.101. The number of nitrogens with zero attached hydrogens (tertiary/aromatic N) is 2. The van der Waals surface area contributed by atoms with E-state index in [0.717, 1.165) is 0 Å². The number of nitrogens with one attached hydrogen (secondary N) is 2. The molecular weight excluding hydrogens is 335 g/mol. The van der Waals surface area contributed by atoms with Gasteiger partial charge < -0.3 is 10.6 Å². The molecule has 0 aliphatic heterocycles. The molecule has 0 saturated heterocycles. The van der Waals surface area contributed by atoms with Crippen LogP contribution < -0.4 is 10.6 Å². The van der Waals surface area contributed by atoms with E-state index in [4.69, 9.17) is 0 Å². The van der Waals surface area contributed by atoms with Crippen LogP contribution in [0.15, 0.2) is 60.9 Å². The minimum absolute atomic E-state index is 0.0898. The molecule has 0 spiro atoms. The SMILES string of the molecule is CC(=O)c1cccc(NC(=O)c2cnc(Nc3ccccc3F)nc2)c1. The number of Topliss-reactive ketones (excluding diaryl/α,β-unsaturated/α-hetero) is 1. The summed E-state index contributed by atoms with van der Waals surface area (Å²) in [6, 6.07) is 12.8. The maximum Gasteiger partial charge on any atom is 0.258 e. The van der Waals surface area contributed by atoms with Crippen molar-refractivity contribution in [2.45, 2.75) is 6.92 Å². The van der Waals surface area contributed by atoms with Gasteiger partial charge in [0, 0.05) is 23.6 Å². The van der Waals surface area contributed by atoms with Crippen molar-refractivity contribution in [3.05, 3.63) is 77.9 Å². The van der Waals surface area contributed by atoms with E-state index in [1.807, 2.05) is 0 Å². The number of para-hydroxylation sites is 1. The molecule has 3 rings (SSSR count). The maximum absolute atomic E-state index is 13.6. The molecule has 3 aromatic rings. The first kappa shape index (κ1) is 17.2. The molecule has 0 radical (unpaired) electrons. The van der Waals surface area contributed by atoms with E-state index in [1.165, 1.54) is 25.4 Å². The molecule has 26 heavy (non-hydrogen) atoms. The summed E-state index contributed by atoms with van der Waals surface area (Å²) in [6.45, 7) is 1.45. The summed E-state index contributed by atoms with van der Waals surface area (Å²) in [5, 5.41) is 5.42. The van der Waals surface area contributed by atoms with Crippen molar-refractivity contribution in [2.75, 3.05) is 10.6 Å². The highest BCUT2D eigenvalue weighted by molar-refractivity contribution is 6.04. The minimum atomic E-state index is -0.428. The average molecular weight is 350 g/mol. The Morgan fingerprint density at radius 3 is 2.38 bits per heavy atom. The Labute approximate surface area is 149 Å². The van der Waals surface area contributed by atoms with E-state index in [-0.39, 0.29) is 23.0 Å². The van der Waals surface area contributed by atoms with Crippen molar-refractivity contribution >= 4 is 29.0 Å². The van der Waals surface area contributed by atoms with Gasteiger partial charge in [-0.25, -0.2) is 14.4 Å². The van der Waals surface area contributed by atoms with Gasteiger partial charge in [-0.15, -0.1) is 0 Å². The number of carbonyl (C=O) groups is 2. The van der Waals surface area contributed by atoms with Crippen LogP contribution in [-0.2, 0) is 0 Å². The van der Waals surface area contributed by atoms with Crippen LogP contribution in [0, 0.1) is 5.82 Å². The fraction of sp³-hybridized carbons (Fsp3) is 0.0526. The number of amides is 1. The van der Waals surface area contributed by atoms with E-state index in [9.17, 15) is 14.0 Å². The van der Waals surface area contributed by atoms with Gasteiger partial charge >= 0.3 is 0 Å². The lowest BCUT2D eigenvalue weighted by Crippen LogP contribution is -2.13. The number of aromatic nitrogens is 2. The molecule has 0 unspecified atom stereocenters. The fourth-order valence-electron chi connectivity index (χ4n) is 2.21. The van der Waals surface area contributed by atoms with Gasteiger partial charge in [0.05, 0.1) is 11.3 Å². The van der Waals surface area contributed by atoms with Gasteiger partial charge in [-0.3, -0.25) is 9.59 Å². The van der Waals surface area contributed by atoms with Crippen LogP contribution in [0.25, 0.3) is 0 Å². The van der Waals surface area contributed by atoms with Crippen molar-refractivity contribution in [1.29, 1.82) is 0 Å². The Hall–Kier alpha value is -3.61. The van der Waals surface area contributed by atoms with E-state index in [1.54, 1.807) is 42.5 Å². The molecule has 6 nitrogen and oxygen atoms in total. The number of halogens is 1. The molecule has 7 heteroatoms. The topological polar surface area (TPSA) is 84.0 Å². The zero-order valence-electron chi connectivity index (χ0n) is 13.9. The second-order valence-corrected chi connectivity index (χ2v) is 5.49. The zero-order valence-corrected chi connectivity index (χ0v) is 13.9. The standard InChI is InChI=1S/C19H15FN4O2/c1-12(25)13-5-4-6-15(9-13)23-18(26)14-10-21-19(22-11-14)24-17-8-3-2-7-16(17)20/h2-11H,1H3,(H,23,26)(H,21,22,24). The van der Waals surface area contributed by atoms with E-state index >= 15 is 0 Å². The molecule has 0 bridgehead atoms. The number of anilines is 3. The van der Waals surface area contributed by atoms with Crippen molar-refractivity contribution in [3.63, 3.8) is 0 Å². The second kappa shape index (κ2) is 7.52. The van der Waals surface area contributed by atoms with Crippen molar-refractivity contribution in [3.8, 4) is 0 Å². The molecule has 2 N–H and O–H groups in total. The van der Waals surface area contributed by atoms with Gasteiger partial charge in [0.1, 0.15) is 5.82 Å². The molecule has 0 saturated carbocycles. The Balaban J connectivity index is 1.70. The molecule has 0 atom stereocenters. The van der Waals surface area contributed by atoms with Gasteiger partial charge in [-0.05, 0) is 31.2 Å². The van der Waals surface area contributed by atoms with Gasteiger partial charge in [0.15, 0.2) is 5.78 Å². The summed E-state index contributed by atoms with van der Waals surface area (Å²) < 4.78 is 13.6. The molecule has 1 aromatic heterocycles. The number of rotatable bonds is 5. The zero-order chi connectivity index (χ0) is 18.5. The normalized spacial score (nSPS) is 10.2. The van der Waals surface area contributed by atoms with E-state index < -0.39 is 11.7 Å². The number of carbonyl (C=O) groups excluding carboxylic acids is 2. The first-order valence-electron chi connectivity index (χ1n) is 7.79. The molecule has 2 aromatic carbocycles. The first-order chi connectivity index (χ1) is 12.5. The molecule has 0 aliphatic carbocycles. The van der Waals surface area contributed by atoms with E-state index in [2.05, 4.69) is 20.6 Å². The largest absolute Gasteiger partial charge is 0.322 e. The number of hydrogen-bond donors (Lipinski definition) is 2. The van der Waals surface area contributed by atoms with Gasteiger partial charge in [0.25, 0.3) is 5.91 Å². The molecular formula is C19H15FN4O2. The van der Waals surface area contributed by atoms with E-state index in [0.29, 0.717) is 11.3 Å². The minimum Gasteiger partial charge on any atom is -0.322 e. The summed E-state index contributed by atoms with van der Waals surface area (Å²) in [5.41, 5.74) is 1.47. The Morgan fingerprint density at radius 1 is 0.962 bits per heavy atom. The van der Waals surface area contributed by atoms with Crippen LogP contribution >= 0.6 is 0 Å². The summed E-state index contributed by atoms with van der Waals surface area (Å²) >= 11 is 0. The molecule has 1 amide bonds. The highest BCUT2D eigenvalue weighted by Crippen LogP contribution is 2.17. The lowest BCUT2D eigenvalue weighted by atomic mass is 10.1. The predicted molar refractivity (Wildman–Crippen MR) is 96.1 cm³/mol. The second-order valence-electron chi connectivity index (χ2n) is 5.49. The van der Waals surface area contributed by atoms with Crippen LogP contribution in [0.4, 0.5) is 21.7 Å². The summed E-state index contributed by atoms with van der Waals surface area (Å²) in [6.07, 6.45) is 2.67. The Morgan fingerprint density at radius 2 is 1.69 bits per heavy atom. The van der Waals surface area contributed by atoms with Crippen LogP contribution in [0.1, 0.15) is 27.6 Å². The fourth-order valence-corrected chi connectivity index (χ4v) is 2.21. The van der Waals surface area contributed by atoms with Crippen molar-refractivity contribution in [1.82, 2.24) is 9.97 Å². The highest BCUT2D eigenvalue weighted by Gasteiger charge is 2.10. The predicted octanol–water partition coefficient (Wildman–Crippen LogP) is 3.81. The van der Waals surface area contributed by atoms with Crippen molar-refractivity contribution < 1.29 is 14.0 Å². The molecule has 130 valence electrons. The van der Waals surface area contributed by atoms with Gasteiger partial charge in [-0.2, -0.15) is 0 Å². The van der Waals surface area contributed by atoms with Crippen LogP contribution in [-0.4, -0.2) is 21.7 Å². The molecule has 0 aliphatic rings. The number of hydrogen-bond acceptors (Lipinski definition) is 5. The van der Waals surface area contributed by atoms with Crippen LogP contribution in [0.2, 0.25) is 0 Å². The van der Waals surface area contributed by atoms with Crippen LogP contribution in [0.3, 0.4) is 0 Å². The highest BCUT2D eigenvalue weighted by atomic mass is 19.1. The third kappa shape index (κ3) is 4.07. The van der Waals surface area contributed by atoms with Gasteiger partial charge in [0.2, 0.25) is 5.95 Å². The summed E-state index contributed by atoms with van der Waals surface area (Å²) in [5.74, 6) is -0.760. The van der Waals surface area contributed by atoms with Crippen molar-refractivity contribution in [2.24, 2.45) is 0 Å².